The lowest BCUT2D eigenvalue weighted by Gasteiger charge is -2.20. The van der Waals surface area contributed by atoms with E-state index >= 15 is 0 Å². The molecule has 1 unspecified atom stereocenters. The average molecular weight is 223 g/mol. The van der Waals surface area contributed by atoms with E-state index in [4.69, 9.17) is 4.52 Å². The lowest BCUT2D eigenvalue weighted by atomic mass is 10.1. The van der Waals surface area contributed by atoms with Crippen molar-refractivity contribution in [3.8, 4) is 0 Å². The molecule has 2 heterocycles. The van der Waals surface area contributed by atoms with E-state index in [2.05, 4.69) is 22.3 Å². The first-order valence-corrected chi connectivity index (χ1v) is 6.16. The minimum absolute atomic E-state index is 0.706. The van der Waals surface area contributed by atoms with Crippen LogP contribution in [0.15, 0.2) is 17.0 Å². The van der Waals surface area contributed by atoms with Gasteiger partial charge in [0.1, 0.15) is 6.26 Å². The van der Waals surface area contributed by atoms with Crippen molar-refractivity contribution in [2.45, 2.75) is 26.3 Å². The van der Waals surface area contributed by atoms with Crippen LogP contribution in [0.3, 0.4) is 0 Å². The summed E-state index contributed by atoms with van der Waals surface area (Å²) >= 11 is 0. The Balaban J connectivity index is 1.58. The fourth-order valence-electron chi connectivity index (χ4n) is 2.25. The Morgan fingerprint density at radius 1 is 1.50 bits per heavy atom. The lowest BCUT2D eigenvalue weighted by Crippen LogP contribution is -2.31. The number of rotatable bonds is 6. The predicted molar refractivity (Wildman–Crippen MR) is 63.0 cm³/mol. The predicted octanol–water partition coefficient (Wildman–Crippen LogP) is 1.50. The molecule has 0 aliphatic carbocycles. The van der Waals surface area contributed by atoms with Gasteiger partial charge in [-0.2, -0.15) is 0 Å². The summed E-state index contributed by atoms with van der Waals surface area (Å²) < 4.78 is 4.78. The van der Waals surface area contributed by atoms with E-state index in [0.717, 1.165) is 18.7 Å². The molecule has 0 bridgehead atoms. The molecular weight excluding hydrogens is 202 g/mol. The van der Waals surface area contributed by atoms with Crippen molar-refractivity contribution in [2.24, 2.45) is 5.92 Å². The number of nitrogens with one attached hydrogen (secondary N) is 1. The van der Waals surface area contributed by atoms with E-state index in [9.17, 15) is 0 Å². The van der Waals surface area contributed by atoms with Crippen LogP contribution in [-0.2, 0) is 6.54 Å². The van der Waals surface area contributed by atoms with Gasteiger partial charge in [-0.3, -0.25) is 0 Å². The number of nitrogens with zero attached hydrogens (tertiary/aromatic N) is 2. The summed E-state index contributed by atoms with van der Waals surface area (Å²) in [6, 6.07) is 0. The van der Waals surface area contributed by atoms with E-state index in [1.807, 2.05) is 0 Å². The standard InChI is InChI=1S/C12H21N3O/c1-11(9-15-4-2-3-5-15)6-13-7-12-8-14-16-10-12/h8,10-11,13H,2-7,9H2,1H3. The van der Waals surface area contributed by atoms with Crippen molar-refractivity contribution in [3.63, 3.8) is 0 Å². The molecule has 1 aliphatic heterocycles. The smallest absolute Gasteiger partial charge is 0.128 e. The van der Waals surface area contributed by atoms with Crippen LogP contribution in [0.1, 0.15) is 25.3 Å². The number of likely N-dealkylation sites (tertiary alicyclic amines) is 1. The number of aromatic nitrogens is 1. The molecule has 4 nitrogen and oxygen atoms in total. The van der Waals surface area contributed by atoms with Gasteiger partial charge < -0.3 is 14.7 Å². The van der Waals surface area contributed by atoms with Gasteiger partial charge in [-0.25, -0.2) is 0 Å². The van der Waals surface area contributed by atoms with Gasteiger partial charge in [0.15, 0.2) is 0 Å². The molecule has 1 aliphatic rings. The van der Waals surface area contributed by atoms with Crippen LogP contribution >= 0.6 is 0 Å². The third-order valence-electron chi connectivity index (χ3n) is 3.07. The van der Waals surface area contributed by atoms with Gasteiger partial charge in [-0.1, -0.05) is 12.1 Å². The zero-order chi connectivity index (χ0) is 11.2. The number of hydrogen-bond donors (Lipinski definition) is 1. The van der Waals surface area contributed by atoms with Crippen molar-refractivity contribution in [1.29, 1.82) is 0 Å². The second kappa shape index (κ2) is 6.01. The van der Waals surface area contributed by atoms with Gasteiger partial charge in [0.25, 0.3) is 0 Å². The van der Waals surface area contributed by atoms with Crippen molar-refractivity contribution in [2.75, 3.05) is 26.2 Å². The van der Waals surface area contributed by atoms with Gasteiger partial charge in [-0.15, -0.1) is 0 Å². The van der Waals surface area contributed by atoms with Crippen LogP contribution in [0.4, 0.5) is 0 Å². The maximum absolute atomic E-state index is 4.78. The molecule has 16 heavy (non-hydrogen) atoms. The molecule has 1 fully saturated rings. The molecule has 1 saturated heterocycles. The van der Waals surface area contributed by atoms with Crippen molar-refractivity contribution in [3.05, 3.63) is 18.0 Å². The van der Waals surface area contributed by atoms with Crippen LogP contribution in [0.25, 0.3) is 0 Å². The topological polar surface area (TPSA) is 41.3 Å². The van der Waals surface area contributed by atoms with Crippen LogP contribution in [-0.4, -0.2) is 36.2 Å². The van der Waals surface area contributed by atoms with Crippen LogP contribution < -0.4 is 5.32 Å². The van der Waals surface area contributed by atoms with Crippen LogP contribution in [0.5, 0.6) is 0 Å². The largest absolute Gasteiger partial charge is 0.364 e. The zero-order valence-electron chi connectivity index (χ0n) is 9.98. The van der Waals surface area contributed by atoms with E-state index in [1.54, 1.807) is 12.5 Å². The summed E-state index contributed by atoms with van der Waals surface area (Å²) in [6.45, 7) is 8.01. The quantitative estimate of drug-likeness (QED) is 0.793. The zero-order valence-corrected chi connectivity index (χ0v) is 9.98. The van der Waals surface area contributed by atoms with Gasteiger partial charge in [0.05, 0.1) is 6.20 Å². The summed E-state index contributed by atoms with van der Waals surface area (Å²) in [5, 5.41) is 7.11. The maximum atomic E-state index is 4.78. The minimum Gasteiger partial charge on any atom is -0.364 e. The third-order valence-corrected chi connectivity index (χ3v) is 3.07. The Morgan fingerprint density at radius 3 is 3.00 bits per heavy atom. The molecule has 0 radical (unpaired) electrons. The molecule has 1 aromatic heterocycles. The molecular formula is C12H21N3O. The molecule has 0 spiro atoms. The first-order chi connectivity index (χ1) is 7.84. The van der Waals surface area contributed by atoms with E-state index in [-0.39, 0.29) is 0 Å². The highest BCUT2D eigenvalue weighted by molar-refractivity contribution is 4.99. The van der Waals surface area contributed by atoms with Crippen molar-refractivity contribution in [1.82, 2.24) is 15.4 Å². The van der Waals surface area contributed by atoms with Crippen LogP contribution in [0.2, 0.25) is 0 Å². The highest BCUT2D eigenvalue weighted by atomic mass is 16.5. The molecule has 0 amide bonds. The molecule has 1 aromatic rings. The van der Waals surface area contributed by atoms with Gasteiger partial charge >= 0.3 is 0 Å². The fourth-order valence-corrected chi connectivity index (χ4v) is 2.25. The first-order valence-electron chi connectivity index (χ1n) is 6.16. The molecule has 4 heteroatoms. The Labute approximate surface area is 97.0 Å². The third kappa shape index (κ3) is 3.61. The van der Waals surface area contributed by atoms with Crippen LogP contribution in [0, 0.1) is 5.92 Å². The lowest BCUT2D eigenvalue weighted by molar-refractivity contribution is 0.282. The molecule has 0 saturated carbocycles. The second-order valence-corrected chi connectivity index (χ2v) is 4.78. The van der Waals surface area contributed by atoms with Gasteiger partial charge in [0.2, 0.25) is 0 Å². The molecule has 90 valence electrons. The monoisotopic (exact) mass is 223 g/mol. The highest BCUT2D eigenvalue weighted by Gasteiger charge is 2.14. The SMILES string of the molecule is CC(CNCc1cnoc1)CN1CCCC1. The van der Waals surface area contributed by atoms with Crippen molar-refractivity contribution >= 4 is 0 Å². The van der Waals surface area contributed by atoms with Crippen molar-refractivity contribution < 1.29 is 4.52 Å². The molecule has 1 atom stereocenters. The van der Waals surface area contributed by atoms with Gasteiger partial charge in [0, 0.05) is 18.7 Å². The summed E-state index contributed by atoms with van der Waals surface area (Å²) in [4.78, 5) is 2.56. The highest BCUT2D eigenvalue weighted by Crippen LogP contribution is 2.09. The Hall–Kier alpha value is -0.870. The minimum atomic E-state index is 0.706. The van der Waals surface area contributed by atoms with Gasteiger partial charge in [-0.05, 0) is 38.4 Å². The van der Waals surface area contributed by atoms with E-state index in [0.29, 0.717) is 5.92 Å². The molecule has 1 N–H and O–H groups in total. The summed E-state index contributed by atoms with van der Waals surface area (Å²) in [6.07, 6.45) is 6.21. The average Bonchev–Trinajstić information content (AvgIpc) is 2.90. The summed E-state index contributed by atoms with van der Waals surface area (Å²) in [7, 11) is 0. The Bertz CT molecular complexity index is 280. The number of hydrogen-bond acceptors (Lipinski definition) is 4. The fraction of sp³-hybridized carbons (Fsp3) is 0.750. The summed E-state index contributed by atoms with van der Waals surface area (Å²) in [5.74, 6) is 0.706. The maximum Gasteiger partial charge on any atom is 0.128 e. The van der Waals surface area contributed by atoms with E-state index in [1.165, 1.54) is 32.5 Å². The summed E-state index contributed by atoms with van der Waals surface area (Å²) in [5.41, 5.74) is 1.12. The molecule has 2 rings (SSSR count). The Kier molecular flexibility index (Phi) is 4.36. The normalized spacial score (nSPS) is 19.1. The van der Waals surface area contributed by atoms with E-state index < -0.39 is 0 Å². The second-order valence-electron chi connectivity index (χ2n) is 4.78. The Morgan fingerprint density at radius 2 is 2.31 bits per heavy atom. The molecule has 0 aromatic carbocycles. The first kappa shape index (κ1) is 11.6.